The van der Waals surface area contributed by atoms with Crippen LogP contribution in [0.25, 0.3) is 21.9 Å². The third kappa shape index (κ3) is 2.61. The van der Waals surface area contributed by atoms with Crippen molar-refractivity contribution in [1.82, 2.24) is 0 Å². The third-order valence-corrected chi connectivity index (χ3v) is 4.75. The van der Waals surface area contributed by atoms with Crippen molar-refractivity contribution in [3.8, 4) is 11.1 Å². The highest BCUT2D eigenvalue weighted by atomic mass is 15.2. The first-order valence-electron chi connectivity index (χ1n) is 8.80. The van der Waals surface area contributed by atoms with E-state index in [0.29, 0.717) is 0 Å². The van der Waals surface area contributed by atoms with Crippen molar-refractivity contribution >= 4 is 22.1 Å². The van der Waals surface area contributed by atoms with Gasteiger partial charge in [0.15, 0.2) is 0 Å². The Bertz CT molecular complexity index is 1140. The molecule has 0 saturated heterocycles. The van der Waals surface area contributed by atoms with E-state index in [1.54, 1.807) is 0 Å². The smallest absolute Gasteiger partial charge is 0.0970 e. The number of hydrogen-bond donors (Lipinski definition) is 0. The Kier molecular flexibility index (Phi) is 3.45. The Labute approximate surface area is 153 Å². The molecule has 0 atom stereocenters. The fraction of sp³-hybridized carbons (Fsp3) is 0. The van der Waals surface area contributed by atoms with Gasteiger partial charge in [-0.3, -0.25) is 0 Å². The van der Waals surface area contributed by atoms with Gasteiger partial charge in [0, 0.05) is 17.1 Å². The fourth-order valence-electron chi connectivity index (χ4n) is 3.41. The highest BCUT2D eigenvalue weighted by Crippen LogP contribution is 2.38. The zero-order chi connectivity index (χ0) is 17.3. The maximum atomic E-state index is 3.26. The molecule has 1 aliphatic rings. The standard InChI is InChI=1S/C25H17N/c1-2-7-19(8-3-1)20-13-15-22(16-14-20)26(23-17-18-23)25-12-6-10-21-9-4-5-11-24(21)25/h1-17H. The highest BCUT2D eigenvalue weighted by Gasteiger charge is 2.19. The van der Waals surface area contributed by atoms with E-state index in [4.69, 9.17) is 0 Å². The van der Waals surface area contributed by atoms with Crippen LogP contribution >= 0.6 is 0 Å². The minimum atomic E-state index is 1.12. The van der Waals surface area contributed by atoms with Crippen molar-refractivity contribution in [2.45, 2.75) is 0 Å². The maximum absolute atomic E-state index is 3.26. The van der Waals surface area contributed by atoms with Crippen LogP contribution in [0.2, 0.25) is 0 Å². The van der Waals surface area contributed by atoms with Crippen molar-refractivity contribution in [3.63, 3.8) is 0 Å². The zero-order valence-corrected chi connectivity index (χ0v) is 14.3. The van der Waals surface area contributed by atoms with Crippen molar-refractivity contribution in [2.75, 3.05) is 4.90 Å². The van der Waals surface area contributed by atoms with Gasteiger partial charge in [-0.1, -0.05) is 84.6 Å². The molecule has 1 aliphatic carbocycles. The molecule has 0 N–H and O–H groups in total. The van der Waals surface area contributed by atoms with Crippen LogP contribution in [0.4, 0.5) is 11.4 Å². The van der Waals surface area contributed by atoms with Gasteiger partial charge >= 0.3 is 0 Å². The molecule has 5 rings (SSSR count). The number of fused-ring (bicyclic) bond motifs is 1. The van der Waals surface area contributed by atoms with Gasteiger partial charge in [0.2, 0.25) is 0 Å². The van der Waals surface area contributed by atoms with E-state index in [-0.39, 0.29) is 0 Å². The number of rotatable bonds is 4. The summed E-state index contributed by atoms with van der Waals surface area (Å²) in [6.45, 7) is 0. The lowest BCUT2D eigenvalue weighted by Gasteiger charge is -2.23. The molecule has 0 unspecified atom stereocenters. The first-order valence-corrected chi connectivity index (χ1v) is 8.80. The van der Waals surface area contributed by atoms with Crippen LogP contribution in [0.3, 0.4) is 0 Å². The van der Waals surface area contributed by atoms with Crippen LogP contribution in [0, 0.1) is 0 Å². The van der Waals surface area contributed by atoms with Crippen LogP contribution in [0.1, 0.15) is 0 Å². The Morgan fingerprint density at radius 1 is 0.577 bits per heavy atom. The van der Waals surface area contributed by atoms with Crippen LogP contribution in [-0.4, -0.2) is 0 Å². The molecule has 0 radical (unpaired) electrons. The Morgan fingerprint density at radius 3 is 2.00 bits per heavy atom. The lowest BCUT2D eigenvalue weighted by molar-refractivity contribution is 1.26. The van der Waals surface area contributed by atoms with E-state index in [0.717, 1.165) is 11.4 Å². The molecule has 0 fully saturated rings. The average molecular weight is 331 g/mol. The summed E-state index contributed by atoms with van der Waals surface area (Å²) in [6.07, 6.45) is 2.03. The van der Waals surface area contributed by atoms with Gasteiger partial charge < -0.3 is 4.90 Å². The highest BCUT2D eigenvalue weighted by molar-refractivity contribution is 5.97. The molecule has 4 aromatic carbocycles. The summed E-state index contributed by atoms with van der Waals surface area (Å²) in [5.41, 5.74) is 9.18. The molecule has 0 aromatic heterocycles. The molecule has 122 valence electrons. The number of anilines is 2. The average Bonchev–Trinajstić information content (AvgIpc) is 3.55. The zero-order valence-electron chi connectivity index (χ0n) is 14.3. The molecule has 0 saturated carbocycles. The van der Waals surface area contributed by atoms with Crippen molar-refractivity contribution in [1.29, 1.82) is 0 Å². The van der Waals surface area contributed by atoms with Gasteiger partial charge in [-0.2, -0.15) is 0 Å². The van der Waals surface area contributed by atoms with Crippen molar-refractivity contribution in [2.24, 2.45) is 0 Å². The molecule has 26 heavy (non-hydrogen) atoms. The molecular weight excluding hydrogens is 314 g/mol. The minimum Gasteiger partial charge on any atom is -0.303 e. The van der Waals surface area contributed by atoms with Gasteiger partial charge in [-0.15, -0.1) is 0 Å². The summed E-state index contributed by atoms with van der Waals surface area (Å²) >= 11 is 0. The number of hydrogen-bond acceptors (Lipinski definition) is 1. The monoisotopic (exact) mass is 331 g/mol. The third-order valence-electron chi connectivity index (χ3n) is 4.75. The first-order chi connectivity index (χ1) is 12.9. The van der Waals surface area contributed by atoms with Crippen LogP contribution < -0.4 is 4.90 Å². The Hall–Kier alpha value is -3.54. The molecule has 0 spiro atoms. The topological polar surface area (TPSA) is 3.24 Å². The maximum Gasteiger partial charge on any atom is 0.0970 e. The van der Waals surface area contributed by atoms with E-state index in [1.165, 1.54) is 27.6 Å². The molecule has 0 bridgehead atoms. The van der Waals surface area contributed by atoms with E-state index in [2.05, 4.69) is 102 Å². The van der Waals surface area contributed by atoms with Crippen LogP contribution in [0.5, 0.6) is 0 Å². The SMILES string of the molecule is C1=CC=1N(c1ccc(-c2ccccc2)cc1)c1cccc2ccccc12. The number of benzene rings is 4. The van der Waals surface area contributed by atoms with Crippen molar-refractivity contribution < 1.29 is 0 Å². The minimum absolute atomic E-state index is 1.12. The molecule has 4 aromatic rings. The summed E-state index contributed by atoms with van der Waals surface area (Å²) in [7, 11) is 0. The van der Waals surface area contributed by atoms with E-state index in [1.807, 2.05) is 12.1 Å². The second-order valence-electron chi connectivity index (χ2n) is 6.42. The first kappa shape index (κ1) is 14.8. The summed E-state index contributed by atoms with van der Waals surface area (Å²) in [5.74, 6) is 0. The molecule has 1 nitrogen and oxygen atoms in total. The predicted molar refractivity (Wildman–Crippen MR) is 110 cm³/mol. The van der Waals surface area contributed by atoms with Gasteiger partial charge in [-0.05, 0) is 34.7 Å². The molecule has 1 heteroatoms. The van der Waals surface area contributed by atoms with Gasteiger partial charge in [0.05, 0.1) is 11.4 Å². The molecule has 0 heterocycles. The Balaban J connectivity index is 1.59. The second-order valence-corrected chi connectivity index (χ2v) is 6.42. The van der Waals surface area contributed by atoms with Crippen LogP contribution in [-0.2, 0) is 0 Å². The van der Waals surface area contributed by atoms with Gasteiger partial charge in [-0.25, -0.2) is 0 Å². The van der Waals surface area contributed by atoms with E-state index in [9.17, 15) is 0 Å². The van der Waals surface area contributed by atoms with Crippen molar-refractivity contribution in [3.05, 3.63) is 115 Å². The summed E-state index contributed by atoms with van der Waals surface area (Å²) < 4.78 is 0. The fourth-order valence-corrected chi connectivity index (χ4v) is 3.41. The van der Waals surface area contributed by atoms with Crippen LogP contribution in [0.15, 0.2) is 115 Å². The summed E-state index contributed by atoms with van der Waals surface area (Å²) in [5, 5.41) is 2.49. The number of nitrogens with zero attached hydrogens (tertiary/aromatic N) is 1. The van der Waals surface area contributed by atoms with Gasteiger partial charge in [0.1, 0.15) is 0 Å². The second kappa shape index (κ2) is 6.07. The normalized spacial score (nSPS) is 12.1. The molecular formula is C25H17N. The summed E-state index contributed by atoms with van der Waals surface area (Å²) in [6, 6.07) is 34.2. The van der Waals surface area contributed by atoms with E-state index < -0.39 is 0 Å². The Morgan fingerprint density at radius 2 is 1.23 bits per heavy atom. The predicted octanol–water partition coefficient (Wildman–Crippen LogP) is 6.70. The largest absolute Gasteiger partial charge is 0.303 e. The van der Waals surface area contributed by atoms with E-state index >= 15 is 0 Å². The molecule has 0 amide bonds. The quantitative estimate of drug-likeness (QED) is 0.376. The molecule has 0 aliphatic heterocycles. The lowest BCUT2D eigenvalue weighted by atomic mass is 10.0. The van der Waals surface area contributed by atoms with Gasteiger partial charge in [0.25, 0.3) is 0 Å². The lowest BCUT2D eigenvalue weighted by Crippen LogP contribution is -2.11. The summed E-state index contributed by atoms with van der Waals surface area (Å²) in [4.78, 5) is 2.27.